The second kappa shape index (κ2) is 10.3. The van der Waals surface area contributed by atoms with Gasteiger partial charge in [0.15, 0.2) is 5.82 Å². The summed E-state index contributed by atoms with van der Waals surface area (Å²) in [6.45, 7) is 4.05. The molecule has 0 aliphatic carbocycles. The fourth-order valence-electron chi connectivity index (χ4n) is 4.07. The highest BCUT2D eigenvalue weighted by molar-refractivity contribution is 5.92. The fraction of sp³-hybridized carbons (Fsp3) is 0.250. The zero-order valence-electron chi connectivity index (χ0n) is 19.5. The highest BCUT2D eigenvalue weighted by Gasteiger charge is 2.38. The Labute approximate surface area is 208 Å². The lowest BCUT2D eigenvalue weighted by atomic mass is 10.0. The van der Waals surface area contributed by atoms with Gasteiger partial charge in [-0.3, -0.25) is 0 Å². The van der Waals surface area contributed by atoms with E-state index >= 15 is 0 Å². The molecule has 0 radical (unpaired) electrons. The van der Waals surface area contributed by atoms with Gasteiger partial charge in [0.05, 0.1) is 12.2 Å². The number of nitrogens with zero attached hydrogens (tertiary/aromatic N) is 5. The van der Waals surface area contributed by atoms with Crippen molar-refractivity contribution in [2.75, 3.05) is 35.2 Å². The molecule has 5 rings (SSSR count). The Bertz CT molecular complexity index is 1410. The molecule has 3 N–H and O–H groups in total. The van der Waals surface area contributed by atoms with Crippen LogP contribution in [-0.4, -0.2) is 52.2 Å². The summed E-state index contributed by atoms with van der Waals surface area (Å²) in [5, 5.41) is 21.1. The van der Waals surface area contributed by atoms with Gasteiger partial charge in [-0.05, 0) is 43.3 Å². The molecule has 9 nitrogen and oxygen atoms in total. The molecule has 1 saturated heterocycles. The summed E-state index contributed by atoms with van der Waals surface area (Å²) in [5.41, 5.74) is 8.67. The van der Waals surface area contributed by atoms with E-state index in [1.165, 1.54) is 6.07 Å². The van der Waals surface area contributed by atoms with Gasteiger partial charge in [-0.1, -0.05) is 11.2 Å². The van der Waals surface area contributed by atoms with Crippen molar-refractivity contribution in [3.63, 3.8) is 0 Å². The molecule has 0 saturated carbocycles. The number of alkyl halides is 3. The van der Waals surface area contributed by atoms with Crippen molar-refractivity contribution in [3.05, 3.63) is 72.0 Å². The number of fused-ring (bicyclic) bond motifs is 1. The Morgan fingerprint density at radius 1 is 1.14 bits per heavy atom. The Hall–Kier alpha value is -4.42. The number of anilines is 3. The van der Waals surface area contributed by atoms with Gasteiger partial charge in [-0.15, -0.1) is 5.10 Å². The number of rotatable bonds is 3. The van der Waals surface area contributed by atoms with Crippen LogP contribution in [0.25, 0.3) is 10.8 Å². The van der Waals surface area contributed by atoms with Crippen LogP contribution < -0.4 is 15.5 Å². The van der Waals surface area contributed by atoms with E-state index < -0.39 is 12.1 Å². The van der Waals surface area contributed by atoms with Crippen molar-refractivity contribution in [1.82, 2.24) is 15.4 Å². The third kappa shape index (κ3) is 5.88. The molecule has 1 aliphatic heterocycles. The Balaban J connectivity index is 0.000000405. The van der Waals surface area contributed by atoms with E-state index in [2.05, 4.69) is 31.2 Å². The highest BCUT2D eigenvalue weighted by Crippen LogP contribution is 2.34. The molecule has 3 heterocycles. The quantitative estimate of drug-likeness (QED) is 0.381. The molecule has 0 bridgehead atoms. The van der Waals surface area contributed by atoms with Gasteiger partial charge >= 0.3 is 12.1 Å². The first-order valence-corrected chi connectivity index (χ1v) is 11.0. The van der Waals surface area contributed by atoms with Crippen LogP contribution in [0.2, 0.25) is 0 Å². The van der Waals surface area contributed by atoms with Gasteiger partial charge in [-0.25, -0.2) is 9.18 Å². The van der Waals surface area contributed by atoms with E-state index in [0.717, 1.165) is 46.7 Å². The minimum Gasteiger partial charge on any atom is -0.475 e. The van der Waals surface area contributed by atoms with E-state index in [4.69, 9.17) is 20.2 Å². The summed E-state index contributed by atoms with van der Waals surface area (Å²) in [5.74, 6) is -1.84. The maximum absolute atomic E-state index is 13.9. The smallest absolute Gasteiger partial charge is 0.475 e. The van der Waals surface area contributed by atoms with Crippen molar-refractivity contribution < 1.29 is 32.0 Å². The standard InChI is InChI=1S/C22H21FN6O.C2HF3O2/c1-14-9-20(27-30-14)21-13-28(7-8-29(21)18-4-2-3-16(23)11-18)17-5-6-19-15(10-17)12-25-26-22(19)24;3-2(4,5)1(6)7/h2-6,9-12,21H,7-8,13H2,1H3,(H2,24,26);(H,6,7)/t21-;/m1./s1. The summed E-state index contributed by atoms with van der Waals surface area (Å²) >= 11 is 0. The molecule has 1 fully saturated rings. The first-order valence-electron chi connectivity index (χ1n) is 11.0. The SMILES string of the molecule is Cc1cc([C@H]2CN(c3ccc4c(N)nncc4c3)CCN2c2cccc(F)c2)no1.O=C(O)C(F)(F)F. The average molecular weight is 518 g/mol. The van der Waals surface area contributed by atoms with Crippen LogP contribution in [-0.2, 0) is 4.79 Å². The Morgan fingerprint density at radius 3 is 2.54 bits per heavy atom. The summed E-state index contributed by atoms with van der Waals surface area (Å²) in [4.78, 5) is 13.4. The van der Waals surface area contributed by atoms with Gasteiger partial charge in [0.25, 0.3) is 0 Å². The summed E-state index contributed by atoms with van der Waals surface area (Å²) in [6, 6.07) is 14.6. The second-order valence-corrected chi connectivity index (χ2v) is 8.30. The lowest BCUT2D eigenvalue weighted by Crippen LogP contribution is -2.49. The number of aliphatic carboxylic acids is 1. The van der Waals surface area contributed by atoms with E-state index in [0.29, 0.717) is 12.4 Å². The molecule has 13 heteroatoms. The molecule has 4 aromatic rings. The number of piperazine rings is 1. The van der Waals surface area contributed by atoms with Crippen molar-refractivity contribution >= 4 is 33.9 Å². The van der Waals surface area contributed by atoms with Crippen molar-refractivity contribution in [2.24, 2.45) is 0 Å². The topological polar surface area (TPSA) is 122 Å². The van der Waals surface area contributed by atoms with Gasteiger partial charge in [0, 0.05) is 47.8 Å². The second-order valence-electron chi connectivity index (χ2n) is 8.30. The van der Waals surface area contributed by atoms with E-state index in [-0.39, 0.29) is 11.9 Å². The number of nitrogens with two attached hydrogens (primary N) is 1. The van der Waals surface area contributed by atoms with Crippen LogP contribution in [0.1, 0.15) is 17.5 Å². The fourth-order valence-corrected chi connectivity index (χ4v) is 4.07. The number of hydrogen-bond donors (Lipinski definition) is 2. The number of nitrogen functional groups attached to an aromatic ring is 1. The van der Waals surface area contributed by atoms with Crippen molar-refractivity contribution in [2.45, 2.75) is 19.1 Å². The Morgan fingerprint density at radius 2 is 1.89 bits per heavy atom. The lowest BCUT2D eigenvalue weighted by Gasteiger charge is -2.43. The summed E-state index contributed by atoms with van der Waals surface area (Å²) in [7, 11) is 0. The minimum absolute atomic E-state index is 0.0747. The third-order valence-corrected chi connectivity index (χ3v) is 5.79. The average Bonchev–Trinajstić information content (AvgIpc) is 3.29. The number of carboxylic acids is 1. The summed E-state index contributed by atoms with van der Waals surface area (Å²) < 4.78 is 51.0. The number of hydrogen-bond acceptors (Lipinski definition) is 8. The molecule has 194 valence electrons. The van der Waals surface area contributed by atoms with Crippen molar-refractivity contribution in [1.29, 1.82) is 0 Å². The zero-order valence-corrected chi connectivity index (χ0v) is 19.5. The van der Waals surface area contributed by atoms with Gasteiger partial charge in [0.2, 0.25) is 0 Å². The monoisotopic (exact) mass is 518 g/mol. The van der Waals surface area contributed by atoms with Crippen LogP contribution in [0.4, 0.5) is 34.8 Å². The van der Waals surface area contributed by atoms with Gasteiger partial charge < -0.3 is 25.2 Å². The molecule has 0 spiro atoms. The van der Waals surface area contributed by atoms with Gasteiger partial charge in [-0.2, -0.15) is 18.3 Å². The minimum atomic E-state index is -5.08. The zero-order chi connectivity index (χ0) is 26.7. The maximum atomic E-state index is 13.9. The van der Waals surface area contributed by atoms with Crippen LogP contribution in [0, 0.1) is 12.7 Å². The van der Waals surface area contributed by atoms with Crippen LogP contribution in [0.3, 0.4) is 0 Å². The number of aromatic nitrogens is 3. The molecular weight excluding hydrogens is 496 g/mol. The van der Waals surface area contributed by atoms with E-state index in [1.807, 2.05) is 31.2 Å². The van der Waals surface area contributed by atoms with Crippen LogP contribution in [0.15, 0.2) is 59.3 Å². The molecule has 2 aromatic carbocycles. The number of benzene rings is 2. The predicted octanol–water partition coefficient (Wildman–Crippen LogP) is 4.35. The highest BCUT2D eigenvalue weighted by atomic mass is 19.4. The first kappa shape index (κ1) is 25.7. The number of carbonyl (C=O) groups is 1. The molecule has 37 heavy (non-hydrogen) atoms. The predicted molar refractivity (Wildman–Crippen MR) is 128 cm³/mol. The summed E-state index contributed by atoms with van der Waals surface area (Å²) in [6.07, 6.45) is -3.36. The Kier molecular flexibility index (Phi) is 7.14. The largest absolute Gasteiger partial charge is 0.490 e. The third-order valence-electron chi connectivity index (χ3n) is 5.79. The molecule has 2 aromatic heterocycles. The maximum Gasteiger partial charge on any atom is 0.490 e. The molecule has 1 atom stereocenters. The van der Waals surface area contributed by atoms with Gasteiger partial charge in [0.1, 0.15) is 17.3 Å². The molecule has 1 aliphatic rings. The van der Waals surface area contributed by atoms with Crippen LogP contribution in [0.5, 0.6) is 0 Å². The number of aryl methyl sites for hydroxylation is 1. The lowest BCUT2D eigenvalue weighted by molar-refractivity contribution is -0.192. The van der Waals surface area contributed by atoms with E-state index in [9.17, 15) is 17.6 Å². The molecule has 0 amide bonds. The first-order chi connectivity index (χ1) is 17.5. The van der Waals surface area contributed by atoms with E-state index in [1.54, 1.807) is 18.3 Å². The van der Waals surface area contributed by atoms with Crippen molar-refractivity contribution in [3.8, 4) is 0 Å². The molecular formula is C24H22F4N6O3. The number of carboxylic acid groups (broad SMARTS) is 1. The van der Waals surface area contributed by atoms with Crippen LogP contribution >= 0.6 is 0 Å². The number of halogens is 4. The molecule has 0 unspecified atom stereocenters. The normalized spacial score (nSPS) is 15.9.